The molecule has 0 amide bonds. The maximum Gasteiger partial charge on any atom is 0.416 e. The van der Waals surface area contributed by atoms with E-state index < -0.39 is 11.7 Å². The normalized spacial score (nSPS) is 11.1. The quantitative estimate of drug-likeness (QED) is 0.572. The highest BCUT2D eigenvalue weighted by Crippen LogP contribution is 2.33. The largest absolute Gasteiger partial charge is 0.416 e. The predicted molar refractivity (Wildman–Crippen MR) is 56.1 cm³/mol. The van der Waals surface area contributed by atoms with Crippen LogP contribution in [0, 0.1) is 14.9 Å². The van der Waals surface area contributed by atoms with Crippen LogP contribution in [0.1, 0.15) is 11.1 Å². The lowest BCUT2D eigenvalue weighted by molar-refractivity contribution is -0.137. The van der Waals surface area contributed by atoms with Crippen molar-refractivity contribution in [3.05, 3.63) is 26.8 Å². The molecule has 1 aromatic rings. The molecule has 1 aromatic carbocycles. The van der Waals surface area contributed by atoms with Gasteiger partial charge in [-0.05, 0) is 34.7 Å². The Morgan fingerprint density at radius 1 is 1.36 bits per heavy atom. The summed E-state index contributed by atoms with van der Waals surface area (Å²) in [6.45, 7) is 0. The molecule has 14 heavy (non-hydrogen) atoms. The minimum absolute atomic E-state index is 0.00887. The Morgan fingerprint density at radius 2 is 1.93 bits per heavy atom. The van der Waals surface area contributed by atoms with E-state index in [9.17, 15) is 13.2 Å². The van der Waals surface area contributed by atoms with E-state index in [0.717, 1.165) is 12.1 Å². The van der Waals surface area contributed by atoms with Gasteiger partial charge in [0.05, 0.1) is 11.1 Å². The van der Waals surface area contributed by atoms with Crippen LogP contribution in [0.4, 0.5) is 13.2 Å². The third-order valence-corrected chi connectivity index (χ3v) is 3.44. The van der Waals surface area contributed by atoms with Crippen molar-refractivity contribution in [2.75, 3.05) is 0 Å². The van der Waals surface area contributed by atoms with Crippen LogP contribution in [0.3, 0.4) is 0 Å². The molecular weight excluding hydrogens is 326 g/mol. The van der Waals surface area contributed by atoms with Crippen LogP contribution in [-0.2, 0) is 6.18 Å². The van der Waals surface area contributed by atoms with Gasteiger partial charge in [-0.2, -0.15) is 18.4 Å². The summed E-state index contributed by atoms with van der Waals surface area (Å²) in [7, 11) is 0. The van der Waals surface area contributed by atoms with Gasteiger partial charge in [-0.3, -0.25) is 0 Å². The molecule has 0 heterocycles. The van der Waals surface area contributed by atoms with Crippen LogP contribution in [0.5, 0.6) is 0 Å². The number of hydrogen-bond donors (Lipinski definition) is 1. The van der Waals surface area contributed by atoms with E-state index in [1.807, 2.05) is 0 Å². The molecule has 0 spiro atoms. The average Bonchev–Trinajstić information content (AvgIpc) is 2.07. The zero-order chi connectivity index (χ0) is 10.9. The van der Waals surface area contributed by atoms with Gasteiger partial charge in [0.2, 0.25) is 0 Å². The Morgan fingerprint density at radius 3 is 2.36 bits per heavy atom. The molecule has 0 aliphatic heterocycles. The Labute approximate surface area is 97.5 Å². The van der Waals surface area contributed by atoms with E-state index in [2.05, 4.69) is 12.6 Å². The lowest BCUT2D eigenvalue weighted by Crippen LogP contribution is -2.06. The number of alkyl halides is 3. The fourth-order valence-corrected chi connectivity index (χ4v) is 1.55. The number of halogens is 4. The second kappa shape index (κ2) is 3.98. The topological polar surface area (TPSA) is 23.8 Å². The lowest BCUT2D eigenvalue weighted by Gasteiger charge is -2.09. The molecule has 74 valence electrons. The van der Waals surface area contributed by atoms with Crippen LogP contribution in [0.2, 0.25) is 0 Å². The van der Waals surface area contributed by atoms with E-state index in [1.54, 1.807) is 28.7 Å². The van der Waals surface area contributed by atoms with Crippen LogP contribution >= 0.6 is 35.2 Å². The Hall–Kier alpha value is -0.420. The molecule has 0 unspecified atom stereocenters. The van der Waals surface area contributed by atoms with Crippen molar-refractivity contribution in [1.82, 2.24) is 0 Å². The van der Waals surface area contributed by atoms with E-state index >= 15 is 0 Å². The number of benzene rings is 1. The summed E-state index contributed by atoms with van der Waals surface area (Å²) < 4.78 is 37.2. The molecule has 0 saturated heterocycles. The maximum absolute atomic E-state index is 12.3. The second-order valence-corrected chi connectivity index (χ2v) is 4.03. The minimum Gasteiger partial charge on any atom is -0.192 e. The number of nitriles is 1. The highest BCUT2D eigenvalue weighted by Gasteiger charge is 2.31. The summed E-state index contributed by atoms with van der Waals surface area (Å²) in [6, 6.07) is 3.42. The van der Waals surface area contributed by atoms with Gasteiger partial charge in [0.15, 0.2) is 0 Å². The summed E-state index contributed by atoms with van der Waals surface area (Å²) in [4.78, 5) is 0.164. The number of hydrogen-bond acceptors (Lipinski definition) is 2. The summed E-state index contributed by atoms with van der Waals surface area (Å²) in [5, 5.41) is 8.58. The molecule has 0 aliphatic carbocycles. The van der Waals surface area contributed by atoms with E-state index in [0.29, 0.717) is 3.57 Å². The molecule has 0 atom stereocenters. The molecular formula is C8H3F3INS. The summed E-state index contributed by atoms with van der Waals surface area (Å²) in [6.07, 6.45) is -4.44. The van der Waals surface area contributed by atoms with Gasteiger partial charge >= 0.3 is 6.18 Å². The van der Waals surface area contributed by atoms with Crippen molar-refractivity contribution in [3.63, 3.8) is 0 Å². The molecule has 0 aliphatic rings. The summed E-state index contributed by atoms with van der Waals surface area (Å²) in [5.41, 5.74) is -0.857. The average molecular weight is 329 g/mol. The fourth-order valence-electron chi connectivity index (χ4n) is 0.854. The molecule has 0 bridgehead atoms. The highest BCUT2D eigenvalue weighted by molar-refractivity contribution is 14.1. The fraction of sp³-hybridized carbons (Fsp3) is 0.125. The van der Waals surface area contributed by atoms with Crippen molar-refractivity contribution in [1.29, 1.82) is 5.26 Å². The molecule has 1 rings (SSSR count). The van der Waals surface area contributed by atoms with Crippen LogP contribution in [0.15, 0.2) is 17.0 Å². The Bertz CT molecular complexity index is 408. The van der Waals surface area contributed by atoms with Gasteiger partial charge in [0.1, 0.15) is 6.07 Å². The zero-order valence-corrected chi connectivity index (χ0v) is 9.61. The summed E-state index contributed by atoms with van der Waals surface area (Å²) >= 11 is 5.65. The zero-order valence-electron chi connectivity index (χ0n) is 6.56. The second-order valence-electron chi connectivity index (χ2n) is 2.47. The van der Waals surface area contributed by atoms with Crippen molar-refractivity contribution < 1.29 is 13.2 Å². The van der Waals surface area contributed by atoms with Gasteiger partial charge in [0, 0.05) is 8.47 Å². The molecule has 0 N–H and O–H groups in total. The first-order valence-electron chi connectivity index (χ1n) is 3.36. The first kappa shape index (κ1) is 11.7. The van der Waals surface area contributed by atoms with Crippen LogP contribution in [-0.4, -0.2) is 0 Å². The van der Waals surface area contributed by atoms with Crippen molar-refractivity contribution in [3.8, 4) is 6.07 Å². The van der Waals surface area contributed by atoms with E-state index in [4.69, 9.17) is 5.26 Å². The van der Waals surface area contributed by atoms with Crippen LogP contribution < -0.4 is 0 Å². The van der Waals surface area contributed by atoms with Gasteiger partial charge in [-0.15, -0.1) is 12.6 Å². The first-order chi connectivity index (χ1) is 6.36. The smallest absolute Gasteiger partial charge is 0.192 e. The minimum atomic E-state index is -4.44. The summed E-state index contributed by atoms with van der Waals surface area (Å²) in [5.74, 6) is 0. The SMILES string of the molecule is N#Cc1cc(C(F)(F)F)cc(S)c1I. The third-order valence-electron chi connectivity index (χ3n) is 1.50. The number of rotatable bonds is 0. The highest BCUT2D eigenvalue weighted by atomic mass is 127. The van der Waals surface area contributed by atoms with Crippen LogP contribution in [0.25, 0.3) is 0 Å². The van der Waals surface area contributed by atoms with E-state index in [-0.39, 0.29) is 10.5 Å². The Balaban J connectivity index is 3.40. The standard InChI is InChI=1S/C8H3F3INS/c9-8(10,11)5-1-4(3-13)7(12)6(14)2-5/h1-2,14H. The lowest BCUT2D eigenvalue weighted by atomic mass is 10.1. The predicted octanol–water partition coefficient (Wildman–Crippen LogP) is 3.47. The molecule has 1 nitrogen and oxygen atoms in total. The van der Waals surface area contributed by atoms with E-state index in [1.165, 1.54) is 0 Å². The maximum atomic E-state index is 12.3. The van der Waals surface area contributed by atoms with Gasteiger partial charge in [-0.25, -0.2) is 0 Å². The van der Waals surface area contributed by atoms with Gasteiger partial charge in [0.25, 0.3) is 0 Å². The molecule has 0 aromatic heterocycles. The van der Waals surface area contributed by atoms with Crippen molar-refractivity contribution in [2.45, 2.75) is 11.1 Å². The first-order valence-corrected chi connectivity index (χ1v) is 4.88. The van der Waals surface area contributed by atoms with Crippen molar-refractivity contribution in [2.24, 2.45) is 0 Å². The number of thiol groups is 1. The van der Waals surface area contributed by atoms with Crippen molar-refractivity contribution >= 4 is 35.2 Å². The molecule has 0 radical (unpaired) electrons. The molecule has 0 saturated carbocycles. The third kappa shape index (κ3) is 2.33. The molecule has 6 heteroatoms. The number of nitrogens with zero attached hydrogens (tertiary/aromatic N) is 1. The molecule has 0 fully saturated rings. The van der Waals surface area contributed by atoms with Gasteiger partial charge in [-0.1, -0.05) is 0 Å². The Kier molecular flexibility index (Phi) is 3.32. The monoisotopic (exact) mass is 329 g/mol. The van der Waals surface area contributed by atoms with Gasteiger partial charge < -0.3 is 0 Å².